The number of esters is 1. The van der Waals surface area contributed by atoms with Gasteiger partial charge in [0.1, 0.15) is 11.6 Å². The van der Waals surface area contributed by atoms with Crippen molar-refractivity contribution in [3.8, 4) is 17.2 Å². The zero-order valence-corrected chi connectivity index (χ0v) is 12.6. The summed E-state index contributed by atoms with van der Waals surface area (Å²) in [5.74, 6) is -0.593. The second kappa shape index (κ2) is 7.24. The molecule has 110 valence electrons. The highest BCUT2D eigenvalue weighted by molar-refractivity contribution is 5.98. The molecule has 0 unspecified atom stereocenters. The van der Waals surface area contributed by atoms with Crippen LogP contribution in [0, 0.1) is 11.3 Å². The number of ether oxygens (including phenoxy) is 1. The number of carbonyl (C=O) groups is 1. The Morgan fingerprint density at radius 1 is 1.05 bits per heavy atom. The Kier molecular flexibility index (Phi) is 5.11. The summed E-state index contributed by atoms with van der Waals surface area (Å²) in [7, 11) is 0. The van der Waals surface area contributed by atoms with E-state index in [2.05, 4.69) is 0 Å². The van der Waals surface area contributed by atoms with Gasteiger partial charge in [-0.05, 0) is 36.6 Å². The second-order valence-corrected chi connectivity index (χ2v) is 5.11. The lowest BCUT2D eigenvalue weighted by Gasteiger charge is -2.06. The molecular weight excluding hydrogens is 274 g/mol. The van der Waals surface area contributed by atoms with Crippen molar-refractivity contribution >= 4 is 12.0 Å². The molecule has 2 rings (SSSR count). The third-order valence-electron chi connectivity index (χ3n) is 3.01. The molecule has 0 aromatic heterocycles. The smallest absolute Gasteiger partial charge is 0.349 e. The summed E-state index contributed by atoms with van der Waals surface area (Å²) < 4.78 is 5.04. The summed E-state index contributed by atoms with van der Waals surface area (Å²) in [4.78, 5) is 11.8. The molecule has 0 atom stereocenters. The minimum atomic E-state index is -0.593. The van der Waals surface area contributed by atoms with E-state index in [4.69, 9.17) is 10.00 Å². The van der Waals surface area contributed by atoms with Crippen LogP contribution in [-0.4, -0.2) is 12.1 Å². The lowest BCUT2D eigenvalue weighted by atomic mass is 10.0. The van der Waals surface area contributed by atoms with E-state index in [1.165, 1.54) is 0 Å². The van der Waals surface area contributed by atoms with Gasteiger partial charge in [-0.3, -0.25) is 0 Å². The highest BCUT2D eigenvalue weighted by Crippen LogP contribution is 2.20. The zero-order chi connectivity index (χ0) is 15.9. The monoisotopic (exact) mass is 291 g/mol. The van der Waals surface area contributed by atoms with Gasteiger partial charge < -0.3 is 4.74 Å². The van der Waals surface area contributed by atoms with E-state index >= 15 is 0 Å². The minimum absolute atomic E-state index is 0.00108. The maximum Gasteiger partial charge on any atom is 0.349 e. The quantitative estimate of drug-likeness (QED) is 0.481. The molecule has 2 aromatic rings. The summed E-state index contributed by atoms with van der Waals surface area (Å²) in [6.07, 6.45) is 1.30. The van der Waals surface area contributed by atoms with Crippen LogP contribution in [0.25, 0.3) is 17.2 Å². The molecule has 0 radical (unpaired) electrons. The molecule has 3 nitrogen and oxygen atoms in total. The Bertz CT molecular complexity index is 707. The molecule has 2 aromatic carbocycles. The lowest BCUT2D eigenvalue weighted by molar-refractivity contribution is -0.142. The summed E-state index contributed by atoms with van der Waals surface area (Å²) in [6, 6.07) is 19.6. The van der Waals surface area contributed by atoms with Gasteiger partial charge in [-0.25, -0.2) is 4.79 Å². The Hall–Kier alpha value is -2.86. The van der Waals surface area contributed by atoms with Crippen molar-refractivity contribution in [2.24, 2.45) is 0 Å². The Labute approximate surface area is 130 Å². The molecule has 0 saturated heterocycles. The largest absolute Gasteiger partial charge is 0.459 e. The maximum atomic E-state index is 11.8. The molecule has 0 N–H and O–H groups in total. The topological polar surface area (TPSA) is 50.1 Å². The van der Waals surface area contributed by atoms with Crippen LogP contribution in [0.2, 0.25) is 0 Å². The number of hydrogen-bond acceptors (Lipinski definition) is 3. The third kappa shape index (κ3) is 4.07. The molecule has 0 saturated carbocycles. The van der Waals surface area contributed by atoms with Gasteiger partial charge in [-0.15, -0.1) is 0 Å². The predicted octanol–water partition coefficient (Wildman–Crippen LogP) is 4.21. The average Bonchev–Trinajstić information content (AvgIpc) is 2.53. The number of nitrogens with zero attached hydrogens (tertiary/aromatic N) is 1. The van der Waals surface area contributed by atoms with E-state index in [1.54, 1.807) is 19.9 Å². The molecule has 3 heteroatoms. The molecular formula is C19H17NO2. The van der Waals surface area contributed by atoms with E-state index in [0.717, 1.165) is 16.7 Å². The number of benzene rings is 2. The van der Waals surface area contributed by atoms with E-state index in [1.807, 2.05) is 60.7 Å². The second-order valence-electron chi connectivity index (χ2n) is 5.11. The first-order chi connectivity index (χ1) is 10.6. The number of hydrogen-bond donors (Lipinski definition) is 0. The van der Waals surface area contributed by atoms with Gasteiger partial charge in [0.25, 0.3) is 0 Å². The van der Waals surface area contributed by atoms with Gasteiger partial charge in [0.05, 0.1) is 6.10 Å². The van der Waals surface area contributed by atoms with Gasteiger partial charge in [-0.2, -0.15) is 5.26 Å². The van der Waals surface area contributed by atoms with Crippen molar-refractivity contribution in [1.82, 2.24) is 0 Å². The van der Waals surface area contributed by atoms with E-state index < -0.39 is 5.97 Å². The van der Waals surface area contributed by atoms with Gasteiger partial charge in [0, 0.05) is 0 Å². The first-order valence-corrected chi connectivity index (χ1v) is 7.08. The summed E-state index contributed by atoms with van der Waals surface area (Å²) in [6.45, 7) is 3.50. The van der Waals surface area contributed by atoms with Crippen molar-refractivity contribution in [1.29, 1.82) is 5.26 Å². The molecule has 0 aliphatic heterocycles. The molecule has 0 aliphatic carbocycles. The van der Waals surface area contributed by atoms with Gasteiger partial charge in [0.2, 0.25) is 0 Å². The first-order valence-electron chi connectivity index (χ1n) is 7.08. The molecule has 0 fully saturated rings. The average molecular weight is 291 g/mol. The minimum Gasteiger partial charge on any atom is -0.459 e. The summed E-state index contributed by atoms with van der Waals surface area (Å²) >= 11 is 0. The van der Waals surface area contributed by atoms with Crippen LogP contribution < -0.4 is 0 Å². The first kappa shape index (κ1) is 15.5. The fraction of sp³-hybridized carbons (Fsp3) is 0.158. The van der Waals surface area contributed by atoms with E-state index in [-0.39, 0.29) is 11.7 Å². The Balaban J connectivity index is 2.21. The van der Waals surface area contributed by atoms with E-state index in [0.29, 0.717) is 0 Å². The normalized spacial score (nSPS) is 11.1. The maximum absolute atomic E-state index is 11.8. The number of carbonyl (C=O) groups excluding carboxylic acids is 1. The fourth-order valence-electron chi connectivity index (χ4n) is 1.98. The molecule has 0 amide bonds. The van der Waals surface area contributed by atoms with Crippen LogP contribution in [0.4, 0.5) is 0 Å². The Morgan fingerprint density at radius 3 is 2.18 bits per heavy atom. The van der Waals surface area contributed by atoms with Crippen LogP contribution in [0.1, 0.15) is 19.4 Å². The van der Waals surface area contributed by atoms with Gasteiger partial charge >= 0.3 is 5.97 Å². The molecule has 0 aliphatic rings. The number of rotatable bonds is 4. The molecule has 22 heavy (non-hydrogen) atoms. The lowest BCUT2D eigenvalue weighted by Crippen LogP contribution is -2.12. The van der Waals surface area contributed by atoms with Crippen molar-refractivity contribution in [3.05, 3.63) is 65.7 Å². The summed E-state index contributed by atoms with van der Waals surface area (Å²) in [5, 5.41) is 9.08. The fourth-order valence-corrected chi connectivity index (χ4v) is 1.98. The van der Waals surface area contributed by atoms with Crippen molar-refractivity contribution in [2.75, 3.05) is 0 Å². The number of nitriles is 1. The Morgan fingerprint density at radius 2 is 1.64 bits per heavy atom. The van der Waals surface area contributed by atoms with E-state index in [9.17, 15) is 4.79 Å². The van der Waals surface area contributed by atoms with Gasteiger partial charge in [0.15, 0.2) is 0 Å². The van der Waals surface area contributed by atoms with Gasteiger partial charge in [-0.1, -0.05) is 54.6 Å². The standard InChI is InChI=1S/C19H17NO2/c1-14(2)22-19(21)18(13-20)12-15-8-10-17(11-9-15)16-6-4-3-5-7-16/h3-12,14H,1-2H3/b18-12+. The third-order valence-corrected chi connectivity index (χ3v) is 3.01. The highest BCUT2D eigenvalue weighted by Gasteiger charge is 2.12. The zero-order valence-electron chi connectivity index (χ0n) is 12.6. The van der Waals surface area contributed by atoms with Crippen LogP contribution in [0.3, 0.4) is 0 Å². The molecule has 0 heterocycles. The van der Waals surface area contributed by atoms with Crippen molar-refractivity contribution in [3.63, 3.8) is 0 Å². The van der Waals surface area contributed by atoms with Crippen molar-refractivity contribution < 1.29 is 9.53 Å². The summed E-state index contributed by atoms with van der Waals surface area (Å²) in [5.41, 5.74) is 3.00. The van der Waals surface area contributed by atoms with Crippen LogP contribution >= 0.6 is 0 Å². The van der Waals surface area contributed by atoms with Crippen molar-refractivity contribution in [2.45, 2.75) is 20.0 Å². The molecule has 0 spiro atoms. The SMILES string of the molecule is CC(C)OC(=O)/C(C#N)=C/c1ccc(-c2ccccc2)cc1. The van der Waals surface area contributed by atoms with Crippen LogP contribution in [-0.2, 0) is 9.53 Å². The molecule has 0 bridgehead atoms. The highest BCUT2D eigenvalue weighted by atomic mass is 16.5. The van der Waals surface area contributed by atoms with Crippen LogP contribution in [0.5, 0.6) is 0 Å². The van der Waals surface area contributed by atoms with Crippen LogP contribution in [0.15, 0.2) is 60.2 Å². The predicted molar refractivity (Wildman–Crippen MR) is 86.7 cm³/mol.